The minimum absolute atomic E-state index is 0.0505. The topological polar surface area (TPSA) is 60.0 Å². The predicted octanol–water partition coefficient (Wildman–Crippen LogP) is 6.37. The fourth-order valence-corrected chi connectivity index (χ4v) is 4.03. The highest BCUT2D eigenvalue weighted by Gasteiger charge is 2.30. The van der Waals surface area contributed by atoms with E-state index in [1.807, 2.05) is 12.3 Å². The number of benzene rings is 1. The summed E-state index contributed by atoms with van der Waals surface area (Å²) in [6.45, 7) is 2.35. The number of methoxy groups -OCH3 is 1. The van der Waals surface area contributed by atoms with Crippen LogP contribution in [0.4, 0.5) is 13.2 Å². The summed E-state index contributed by atoms with van der Waals surface area (Å²) < 4.78 is 49.2. The highest BCUT2D eigenvalue weighted by molar-refractivity contribution is 5.68. The third kappa shape index (κ3) is 5.06. The Morgan fingerprint density at radius 2 is 1.81 bits per heavy atom. The van der Waals surface area contributed by atoms with Crippen molar-refractivity contribution in [1.82, 2.24) is 15.0 Å². The predicted molar refractivity (Wildman–Crippen MR) is 115 cm³/mol. The number of pyridine rings is 1. The molecule has 32 heavy (non-hydrogen) atoms. The van der Waals surface area contributed by atoms with Crippen LogP contribution in [0.2, 0.25) is 0 Å². The van der Waals surface area contributed by atoms with Gasteiger partial charge in [0.05, 0.1) is 30.3 Å². The number of rotatable bonds is 6. The monoisotopic (exact) mass is 445 g/mol. The number of H-pyrrole nitrogens is 1. The van der Waals surface area contributed by atoms with Crippen LogP contribution in [0.25, 0.3) is 11.3 Å². The quantitative estimate of drug-likeness (QED) is 0.479. The fraction of sp³-hybridized carbons (Fsp3) is 0.417. The van der Waals surface area contributed by atoms with Crippen LogP contribution in [0.15, 0.2) is 42.7 Å². The van der Waals surface area contributed by atoms with Gasteiger partial charge in [0.1, 0.15) is 23.9 Å². The van der Waals surface area contributed by atoms with Gasteiger partial charge >= 0.3 is 6.18 Å². The highest BCUT2D eigenvalue weighted by atomic mass is 19.4. The zero-order valence-corrected chi connectivity index (χ0v) is 18.1. The largest absolute Gasteiger partial charge is 0.496 e. The lowest BCUT2D eigenvalue weighted by molar-refractivity contribution is -0.137. The Hall–Kier alpha value is -3.03. The molecule has 0 amide bonds. The van der Waals surface area contributed by atoms with Crippen molar-refractivity contribution >= 4 is 0 Å². The van der Waals surface area contributed by atoms with Crippen LogP contribution in [-0.2, 0) is 12.8 Å². The molecule has 170 valence electrons. The number of halogens is 3. The number of ether oxygens (including phenoxy) is 2. The normalized spacial score (nSPS) is 19.0. The van der Waals surface area contributed by atoms with Crippen molar-refractivity contribution in [2.45, 2.75) is 51.3 Å². The average Bonchev–Trinajstić information content (AvgIpc) is 3.27. The van der Waals surface area contributed by atoms with Crippen molar-refractivity contribution in [2.75, 3.05) is 7.11 Å². The molecule has 0 unspecified atom stereocenters. The summed E-state index contributed by atoms with van der Waals surface area (Å²) in [4.78, 5) is 11.9. The molecule has 3 aromatic rings. The van der Waals surface area contributed by atoms with E-state index in [2.05, 4.69) is 21.9 Å². The molecule has 0 spiro atoms. The number of nitrogens with one attached hydrogen (secondary N) is 1. The molecule has 8 heteroatoms. The lowest BCUT2D eigenvalue weighted by atomic mass is 9.83. The van der Waals surface area contributed by atoms with Crippen LogP contribution in [-0.4, -0.2) is 22.1 Å². The Labute approximate surface area is 185 Å². The van der Waals surface area contributed by atoms with Gasteiger partial charge in [-0.05, 0) is 43.0 Å². The van der Waals surface area contributed by atoms with E-state index in [1.54, 1.807) is 19.2 Å². The molecule has 1 aliphatic carbocycles. The van der Waals surface area contributed by atoms with Gasteiger partial charge < -0.3 is 14.5 Å². The Morgan fingerprint density at radius 1 is 1.03 bits per heavy atom. The number of aromatic amines is 1. The number of hydrogen-bond donors (Lipinski definition) is 1. The first-order valence-corrected chi connectivity index (χ1v) is 10.7. The van der Waals surface area contributed by atoms with Crippen LogP contribution >= 0.6 is 0 Å². The summed E-state index contributed by atoms with van der Waals surface area (Å²) in [5.74, 6) is 3.42. The minimum atomic E-state index is -4.41. The first-order valence-electron chi connectivity index (χ1n) is 10.7. The Kier molecular flexibility index (Phi) is 6.39. The molecule has 1 saturated carbocycles. The highest BCUT2D eigenvalue weighted by Crippen LogP contribution is 2.37. The molecule has 0 saturated heterocycles. The zero-order valence-electron chi connectivity index (χ0n) is 18.1. The summed E-state index contributed by atoms with van der Waals surface area (Å²) in [7, 11) is 1.58. The summed E-state index contributed by atoms with van der Waals surface area (Å²) in [5, 5.41) is 0. The molecular weight excluding hydrogens is 419 g/mol. The number of hydrogen-bond acceptors (Lipinski definition) is 4. The van der Waals surface area contributed by atoms with Crippen molar-refractivity contribution in [3.63, 3.8) is 0 Å². The summed E-state index contributed by atoms with van der Waals surface area (Å²) in [6, 6.07) is 7.74. The first-order chi connectivity index (χ1) is 15.3. The van der Waals surface area contributed by atoms with E-state index in [9.17, 15) is 13.2 Å². The van der Waals surface area contributed by atoms with Gasteiger partial charge in [-0.25, -0.2) is 4.98 Å². The van der Waals surface area contributed by atoms with Gasteiger partial charge in [-0.3, -0.25) is 4.98 Å². The van der Waals surface area contributed by atoms with Gasteiger partial charge in [-0.2, -0.15) is 13.2 Å². The standard InChI is InChI=1S/C24H26F3N3O2/c1-15-3-5-16(6-4-15)23-29-13-21(30-23)20-10-9-19(11-22(20)31-2)32-14-18-8-7-17(12-28-18)24(25,26)27/h7-13,15-16H,3-6,14H2,1-2H3,(H,29,30). The van der Waals surface area contributed by atoms with Crippen LogP contribution in [0, 0.1) is 5.92 Å². The van der Waals surface area contributed by atoms with Crippen molar-refractivity contribution < 1.29 is 22.6 Å². The number of nitrogens with zero attached hydrogens (tertiary/aromatic N) is 2. The molecule has 2 aromatic heterocycles. The van der Waals surface area contributed by atoms with Gasteiger partial charge in [-0.15, -0.1) is 0 Å². The summed E-state index contributed by atoms with van der Waals surface area (Å²) in [5.41, 5.74) is 1.37. The van der Waals surface area contributed by atoms with E-state index >= 15 is 0 Å². The summed E-state index contributed by atoms with van der Waals surface area (Å²) >= 11 is 0. The Balaban J connectivity index is 1.44. The van der Waals surface area contributed by atoms with Crippen LogP contribution in [0.5, 0.6) is 11.5 Å². The third-order valence-corrected chi connectivity index (χ3v) is 6.00. The van der Waals surface area contributed by atoms with Crippen molar-refractivity contribution in [1.29, 1.82) is 0 Å². The fourth-order valence-electron chi connectivity index (χ4n) is 4.03. The molecule has 2 heterocycles. The van der Waals surface area contributed by atoms with Gasteiger partial charge in [0.25, 0.3) is 0 Å². The zero-order chi connectivity index (χ0) is 22.7. The Morgan fingerprint density at radius 3 is 2.47 bits per heavy atom. The lowest BCUT2D eigenvalue weighted by Crippen LogP contribution is -2.11. The SMILES string of the molecule is COc1cc(OCc2ccc(C(F)(F)F)cn2)ccc1-c1cnc(C2CCC(C)CC2)[nH]1. The van der Waals surface area contributed by atoms with Crippen molar-refractivity contribution in [3.8, 4) is 22.8 Å². The van der Waals surface area contributed by atoms with E-state index in [0.717, 1.165) is 48.1 Å². The van der Waals surface area contributed by atoms with E-state index < -0.39 is 11.7 Å². The molecule has 4 rings (SSSR count). The maximum absolute atomic E-state index is 12.7. The minimum Gasteiger partial charge on any atom is -0.496 e. The Bertz CT molecular complexity index is 1040. The summed E-state index contributed by atoms with van der Waals surface area (Å²) in [6.07, 6.45) is 2.99. The van der Waals surface area contributed by atoms with E-state index in [4.69, 9.17) is 9.47 Å². The third-order valence-electron chi connectivity index (χ3n) is 6.00. The van der Waals surface area contributed by atoms with E-state index in [1.165, 1.54) is 18.9 Å². The molecule has 0 bridgehead atoms. The van der Waals surface area contributed by atoms with Crippen LogP contribution in [0.3, 0.4) is 0 Å². The van der Waals surface area contributed by atoms with Gasteiger partial charge in [0.15, 0.2) is 0 Å². The molecule has 0 aliphatic heterocycles. The molecule has 1 aromatic carbocycles. The van der Waals surface area contributed by atoms with Gasteiger partial charge in [0.2, 0.25) is 0 Å². The second-order valence-corrected chi connectivity index (χ2v) is 8.33. The van der Waals surface area contributed by atoms with Crippen molar-refractivity contribution in [3.05, 3.63) is 59.8 Å². The van der Waals surface area contributed by atoms with Gasteiger partial charge in [-0.1, -0.05) is 19.8 Å². The smallest absolute Gasteiger partial charge is 0.417 e. The lowest BCUT2D eigenvalue weighted by Gasteiger charge is -2.24. The molecule has 1 N–H and O–H groups in total. The number of imidazole rings is 1. The maximum atomic E-state index is 12.7. The molecular formula is C24H26F3N3O2. The molecule has 0 radical (unpaired) electrons. The van der Waals surface area contributed by atoms with E-state index in [-0.39, 0.29) is 6.61 Å². The van der Waals surface area contributed by atoms with Crippen LogP contribution in [0.1, 0.15) is 55.6 Å². The molecule has 1 aliphatic rings. The maximum Gasteiger partial charge on any atom is 0.417 e. The number of aromatic nitrogens is 3. The second kappa shape index (κ2) is 9.22. The van der Waals surface area contributed by atoms with Crippen molar-refractivity contribution in [2.24, 2.45) is 5.92 Å². The van der Waals surface area contributed by atoms with Crippen LogP contribution < -0.4 is 9.47 Å². The number of alkyl halides is 3. The second-order valence-electron chi connectivity index (χ2n) is 8.33. The molecule has 1 fully saturated rings. The average molecular weight is 445 g/mol. The first kappa shape index (κ1) is 22.2. The van der Waals surface area contributed by atoms with Gasteiger partial charge in [0, 0.05) is 23.7 Å². The molecule has 5 nitrogen and oxygen atoms in total. The van der Waals surface area contributed by atoms with E-state index in [0.29, 0.717) is 23.1 Å². The molecule has 0 atom stereocenters.